The number of aryl methyl sites for hydroxylation is 1. The number of hydrogen-bond donors (Lipinski definition) is 1. The van der Waals surface area contributed by atoms with Crippen molar-refractivity contribution in [3.05, 3.63) is 17.5 Å². The summed E-state index contributed by atoms with van der Waals surface area (Å²) in [7, 11) is 5.94. The van der Waals surface area contributed by atoms with Crippen molar-refractivity contribution in [1.29, 1.82) is 0 Å². The van der Waals surface area contributed by atoms with Crippen molar-refractivity contribution in [2.24, 2.45) is 18.0 Å². The monoisotopic (exact) mass is 476 g/mol. The molecule has 6 nitrogen and oxygen atoms in total. The topological polar surface area (TPSA) is 48.7 Å². The van der Waals surface area contributed by atoms with Gasteiger partial charge in [-0.25, -0.2) is 0 Å². The number of aliphatic imine (C=N–C) groups is 1. The number of nitrogens with one attached hydrogen (secondary N) is 1. The van der Waals surface area contributed by atoms with Gasteiger partial charge in [0.1, 0.15) is 0 Å². The van der Waals surface area contributed by atoms with Crippen molar-refractivity contribution < 1.29 is 0 Å². The lowest BCUT2D eigenvalue weighted by molar-refractivity contribution is 0.195. The highest BCUT2D eigenvalue weighted by molar-refractivity contribution is 14.0. The molecular weight excluding hydrogens is 439 g/mol. The molecule has 1 fully saturated rings. The Labute approximate surface area is 176 Å². The fourth-order valence-corrected chi connectivity index (χ4v) is 3.49. The Morgan fingerprint density at radius 2 is 2.04 bits per heavy atom. The van der Waals surface area contributed by atoms with E-state index in [4.69, 9.17) is 0 Å². The van der Waals surface area contributed by atoms with Crippen molar-refractivity contribution in [3.63, 3.8) is 0 Å². The highest BCUT2D eigenvalue weighted by Gasteiger charge is 2.17. The Hall–Kier alpha value is -0.830. The molecule has 1 N–H and O–H groups in total. The Bertz CT molecular complexity index is 560. The van der Waals surface area contributed by atoms with E-state index in [1.54, 1.807) is 0 Å². The Balaban J connectivity index is 0.00000338. The van der Waals surface area contributed by atoms with Gasteiger partial charge in [-0.15, -0.1) is 24.0 Å². The Kier molecular flexibility index (Phi) is 9.92. The van der Waals surface area contributed by atoms with Crippen LogP contribution in [0.1, 0.15) is 50.8 Å². The van der Waals surface area contributed by atoms with Crippen molar-refractivity contribution in [3.8, 4) is 0 Å². The van der Waals surface area contributed by atoms with Crippen molar-refractivity contribution >= 4 is 29.9 Å². The normalized spacial score (nSPS) is 16.7. The van der Waals surface area contributed by atoms with Crippen molar-refractivity contribution in [1.82, 2.24) is 24.9 Å². The van der Waals surface area contributed by atoms with Crippen LogP contribution < -0.4 is 5.32 Å². The number of likely N-dealkylation sites (tertiary alicyclic amines) is 1. The summed E-state index contributed by atoms with van der Waals surface area (Å²) in [5.41, 5.74) is 2.44. The fraction of sp³-hybridized carbons (Fsp3) is 0.789. The first-order valence-electron chi connectivity index (χ1n) is 9.57. The average molecular weight is 476 g/mol. The molecule has 0 radical (unpaired) electrons. The first kappa shape index (κ1) is 23.2. The molecule has 0 spiro atoms. The molecule has 1 aliphatic heterocycles. The Morgan fingerprint density at radius 1 is 1.38 bits per heavy atom. The van der Waals surface area contributed by atoms with Crippen LogP contribution >= 0.6 is 24.0 Å². The van der Waals surface area contributed by atoms with E-state index in [1.165, 1.54) is 37.2 Å². The van der Waals surface area contributed by atoms with E-state index < -0.39 is 0 Å². The number of halogens is 1. The summed E-state index contributed by atoms with van der Waals surface area (Å²) >= 11 is 0. The first-order valence-corrected chi connectivity index (χ1v) is 9.57. The van der Waals surface area contributed by atoms with E-state index in [-0.39, 0.29) is 24.0 Å². The van der Waals surface area contributed by atoms with Crippen molar-refractivity contribution in [2.45, 2.75) is 46.1 Å². The smallest absolute Gasteiger partial charge is 0.193 e. The second kappa shape index (κ2) is 11.1. The van der Waals surface area contributed by atoms with Crippen LogP contribution in [0.25, 0.3) is 0 Å². The van der Waals surface area contributed by atoms with E-state index in [0.717, 1.165) is 31.5 Å². The van der Waals surface area contributed by atoms with E-state index in [0.29, 0.717) is 5.92 Å². The number of nitrogens with zero attached hydrogens (tertiary/aromatic N) is 5. The summed E-state index contributed by atoms with van der Waals surface area (Å²) in [6, 6.07) is 0. The van der Waals surface area contributed by atoms with Crippen LogP contribution in [0.4, 0.5) is 0 Å². The second-order valence-electron chi connectivity index (χ2n) is 7.72. The fourth-order valence-electron chi connectivity index (χ4n) is 3.49. The molecule has 7 heteroatoms. The van der Waals surface area contributed by atoms with E-state index >= 15 is 0 Å². The maximum absolute atomic E-state index is 4.60. The summed E-state index contributed by atoms with van der Waals surface area (Å²) in [4.78, 5) is 9.18. The molecule has 0 amide bonds. The quantitative estimate of drug-likeness (QED) is 0.390. The van der Waals surface area contributed by atoms with Gasteiger partial charge >= 0.3 is 0 Å². The molecule has 1 aromatic rings. The molecule has 0 aliphatic carbocycles. The zero-order chi connectivity index (χ0) is 18.4. The van der Waals surface area contributed by atoms with Gasteiger partial charge in [0.2, 0.25) is 0 Å². The second-order valence-corrected chi connectivity index (χ2v) is 7.72. The number of hydrogen-bond acceptors (Lipinski definition) is 3. The zero-order valence-electron chi connectivity index (χ0n) is 17.3. The molecule has 0 unspecified atom stereocenters. The molecule has 0 bridgehead atoms. The number of piperidine rings is 1. The largest absolute Gasteiger partial charge is 0.355 e. The summed E-state index contributed by atoms with van der Waals surface area (Å²) in [5.74, 6) is 2.27. The minimum atomic E-state index is 0. The van der Waals surface area contributed by atoms with Gasteiger partial charge in [-0.05, 0) is 37.8 Å². The molecule has 1 aliphatic rings. The molecule has 2 heterocycles. The van der Waals surface area contributed by atoms with Gasteiger partial charge in [-0.2, -0.15) is 5.10 Å². The zero-order valence-corrected chi connectivity index (χ0v) is 19.7. The van der Waals surface area contributed by atoms with Gasteiger partial charge < -0.3 is 15.1 Å². The van der Waals surface area contributed by atoms with E-state index in [9.17, 15) is 0 Å². The molecule has 0 aromatic carbocycles. The van der Waals surface area contributed by atoms with E-state index in [1.807, 2.05) is 18.8 Å². The standard InChI is InChI=1S/C19H36N6.HI/c1-15(2)18-17(14-24(6)22-18)13-23(5)19(20-4)21-9-12-25-10-7-16(3)8-11-25;/h14-16H,7-13H2,1-6H3,(H,20,21);1H. The third-order valence-electron chi connectivity index (χ3n) is 5.05. The third kappa shape index (κ3) is 6.72. The highest BCUT2D eigenvalue weighted by Crippen LogP contribution is 2.18. The average Bonchev–Trinajstić information content (AvgIpc) is 2.94. The van der Waals surface area contributed by atoms with Crippen molar-refractivity contribution in [2.75, 3.05) is 40.3 Å². The van der Waals surface area contributed by atoms with Gasteiger partial charge in [0.15, 0.2) is 5.96 Å². The number of guanidine groups is 1. The molecule has 0 atom stereocenters. The molecule has 1 saturated heterocycles. The first-order chi connectivity index (χ1) is 11.9. The van der Waals surface area contributed by atoms with Crippen LogP contribution in [-0.4, -0.2) is 65.8 Å². The van der Waals surface area contributed by atoms with Crippen LogP contribution in [0.5, 0.6) is 0 Å². The third-order valence-corrected chi connectivity index (χ3v) is 5.05. The van der Waals surface area contributed by atoms with Crippen LogP contribution in [0, 0.1) is 5.92 Å². The summed E-state index contributed by atoms with van der Waals surface area (Å²) in [5, 5.41) is 8.11. The lowest BCUT2D eigenvalue weighted by Crippen LogP contribution is -2.43. The number of aromatic nitrogens is 2. The number of rotatable bonds is 6. The lowest BCUT2D eigenvalue weighted by Gasteiger charge is -2.30. The van der Waals surface area contributed by atoms with Gasteiger partial charge in [0.05, 0.1) is 5.69 Å². The van der Waals surface area contributed by atoms with Gasteiger partial charge in [-0.3, -0.25) is 9.67 Å². The van der Waals surface area contributed by atoms with Gasteiger partial charge in [0.25, 0.3) is 0 Å². The minimum absolute atomic E-state index is 0. The summed E-state index contributed by atoms with van der Waals surface area (Å²) < 4.78 is 1.91. The molecular formula is C19H37IN6. The lowest BCUT2D eigenvalue weighted by atomic mass is 9.99. The molecule has 150 valence electrons. The van der Waals surface area contributed by atoms with Crippen LogP contribution in [0.3, 0.4) is 0 Å². The van der Waals surface area contributed by atoms with Crippen LogP contribution in [-0.2, 0) is 13.6 Å². The molecule has 1 aromatic heterocycles. The van der Waals surface area contributed by atoms with Crippen LogP contribution in [0.15, 0.2) is 11.2 Å². The Morgan fingerprint density at radius 3 is 2.62 bits per heavy atom. The van der Waals surface area contributed by atoms with Crippen LogP contribution in [0.2, 0.25) is 0 Å². The maximum atomic E-state index is 4.60. The minimum Gasteiger partial charge on any atom is -0.355 e. The molecule has 2 rings (SSSR count). The van der Waals surface area contributed by atoms with Gasteiger partial charge in [-0.1, -0.05) is 20.8 Å². The van der Waals surface area contributed by atoms with Gasteiger partial charge in [0, 0.05) is 52.5 Å². The predicted octanol–water partition coefficient (Wildman–Crippen LogP) is 2.90. The van der Waals surface area contributed by atoms with E-state index in [2.05, 4.69) is 59.2 Å². The SMILES string of the molecule is CN=C(NCCN1CCC(C)CC1)N(C)Cc1cn(C)nc1C(C)C.I. The molecule has 0 saturated carbocycles. The highest BCUT2D eigenvalue weighted by atomic mass is 127. The molecule has 26 heavy (non-hydrogen) atoms. The summed E-state index contributed by atoms with van der Waals surface area (Å²) in [6.45, 7) is 12.0. The predicted molar refractivity (Wildman–Crippen MR) is 120 cm³/mol. The summed E-state index contributed by atoms with van der Waals surface area (Å²) in [6.07, 6.45) is 4.77. The maximum Gasteiger partial charge on any atom is 0.193 e.